The predicted molar refractivity (Wildman–Crippen MR) is 65.3 cm³/mol. The highest BCUT2D eigenvalue weighted by Gasteiger charge is 2.32. The number of rotatable bonds is 2. The maximum atomic E-state index is 13.6. The molecule has 2 aromatic carbocycles. The van der Waals surface area contributed by atoms with Gasteiger partial charge in [-0.3, -0.25) is 4.79 Å². The summed E-state index contributed by atoms with van der Waals surface area (Å²) in [6.45, 7) is 0. The summed E-state index contributed by atoms with van der Waals surface area (Å²) in [5.74, 6) is -1.78. The van der Waals surface area contributed by atoms with Crippen molar-refractivity contribution >= 4 is 5.78 Å². The number of carbonyl (C=O) groups excluding carboxylic acids is 1. The molecule has 0 aliphatic carbocycles. The fourth-order valence-corrected chi connectivity index (χ4v) is 2.22. The Morgan fingerprint density at radius 2 is 1.74 bits per heavy atom. The Bertz CT molecular complexity index is 607. The highest BCUT2D eigenvalue weighted by Crippen LogP contribution is 2.30. The van der Waals surface area contributed by atoms with Crippen molar-refractivity contribution in [3.63, 3.8) is 0 Å². The van der Waals surface area contributed by atoms with E-state index in [-0.39, 0.29) is 0 Å². The molecule has 4 heteroatoms. The van der Waals surface area contributed by atoms with E-state index >= 15 is 0 Å². The fourth-order valence-electron chi connectivity index (χ4n) is 2.22. The topological polar surface area (TPSA) is 26.3 Å². The Labute approximate surface area is 108 Å². The Morgan fingerprint density at radius 1 is 1.05 bits per heavy atom. The van der Waals surface area contributed by atoms with Gasteiger partial charge >= 0.3 is 0 Å². The minimum absolute atomic E-state index is 0.336. The molecule has 0 fully saturated rings. The average molecular weight is 260 g/mol. The number of hydrogen-bond donors (Lipinski definition) is 0. The first-order valence-corrected chi connectivity index (χ1v) is 5.89. The van der Waals surface area contributed by atoms with Crippen LogP contribution in [0.4, 0.5) is 8.78 Å². The number of benzene rings is 2. The van der Waals surface area contributed by atoms with Gasteiger partial charge in [-0.15, -0.1) is 0 Å². The van der Waals surface area contributed by atoms with Gasteiger partial charge in [0.05, 0.1) is 5.56 Å². The van der Waals surface area contributed by atoms with Crippen LogP contribution in [-0.2, 0) is 6.42 Å². The molecule has 0 N–H and O–H groups in total. The summed E-state index contributed by atoms with van der Waals surface area (Å²) in [5.41, 5.74) is 0.345. The summed E-state index contributed by atoms with van der Waals surface area (Å²) in [5, 5.41) is 0. The zero-order valence-corrected chi connectivity index (χ0v) is 9.90. The second-order valence-corrected chi connectivity index (χ2v) is 4.38. The second kappa shape index (κ2) is 4.46. The van der Waals surface area contributed by atoms with E-state index < -0.39 is 29.1 Å². The number of halogens is 2. The second-order valence-electron chi connectivity index (χ2n) is 4.38. The quantitative estimate of drug-likeness (QED) is 0.775. The molecule has 2 nitrogen and oxygen atoms in total. The van der Waals surface area contributed by atoms with Crippen LogP contribution in [0.15, 0.2) is 42.5 Å². The maximum absolute atomic E-state index is 13.6. The van der Waals surface area contributed by atoms with Crippen LogP contribution < -0.4 is 4.74 Å². The van der Waals surface area contributed by atoms with Gasteiger partial charge in [0.2, 0.25) is 5.78 Å². The van der Waals surface area contributed by atoms with Crippen LogP contribution in [0.3, 0.4) is 0 Å². The normalized spacial score (nSPS) is 16.8. The van der Waals surface area contributed by atoms with Crippen molar-refractivity contribution in [2.45, 2.75) is 12.5 Å². The number of para-hydroxylation sites is 1. The summed E-state index contributed by atoms with van der Waals surface area (Å²) in [6.07, 6.45) is -0.522. The lowest BCUT2D eigenvalue weighted by molar-refractivity contribution is 0.0815. The molecular formula is C15H10F2O2. The smallest absolute Gasteiger partial charge is 0.209 e. The number of fused-ring (bicyclic) bond motifs is 1. The summed E-state index contributed by atoms with van der Waals surface area (Å²) >= 11 is 0. The molecule has 2 aromatic rings. The van der Waals surface area contributed by atoms with Crippen molar-refractivity contribution in [2.24, 2.45) is 0 Å². The number of Topliss-reactive ketones (excluding diaryl/α,β-unsaturated/α-hetero) is 1. The maximum Gasteiger partial charge on any atom is 0.209 e. The molecule has 19 heavy (non-hydrogen) atoms. The van der Waals surface area contributed by atoms with Gasteiger partial charge in [0, 0.05) is 6.42 Å². The monoisotopic (exact) mass is 260 g/mol. The molecule has 1 aliphatic rings. The van der Waals surface area contributed by atoms with Gasteiger partial charge in [-0.25, -0.2) is 8.78 Å². The minimum Gasteiger partial charge on any atom is -0.482 e. The molecule has 1 atom stereocenters. The van der Waals surface area contributed by atoms with E-state index in [4.69, 9.17) is 4.74 Å². The first kappa shape index (κ1) is 11.8. The number of ketones is 1. The Kier molecular flexibility index (Phi) is 2.78. The molecular weight excluding hydrogens is 250 g/mol. The molecule has 0 bridgehead atoms. The highest BCUT2D eigenvalue weighted by molar-refractivity contribution is 6.00. The van der Waals surface area contributed by atoms with Crippen LogP contribution in [0.1, 0.15) is 15.9 Å². The number of carbonyl (C=O) groups is 1. The lowest BCUT2D eigenvalue weighted by atomic mass is 10.0. The first-order valence-electron chi connectivity index (χ1n) is 5.89. The van der Waals surface area contributed by atoms with E-state index in [0.29, 0.717) is 12.2 Å². The van der Waals surface area contributed by atoms with E-state index in [2.05, 4.69) is 0 Å². The highest BCUT2D eigenvalue weighted by atomic mass is 19.1. The van der Waals surface area contributed by atoms with Gasteiger partial charge in [-0.05, 0) is 23.8 Å². The molecule has 0 saturated heterocycles. The number of hydrogen-bond acceptors (Lipinski definition) is 2. The molecule has 96 valence electrons. The molecule has 0 saturated carbocycles. The molecule has 0 spiro atoms. The molecule has 0 radical (unpaired) electrons. The molecule has 0 amide bonds. The lowest BCUT2D eigenvalue weighted by Crippen LogP contribution is -2.27. The largest absolute Gasteiger partial charge is 0.482 e. The molecule has 0 aromatic heterocycles. The third kappa shape index (κ3) is 1.99. The van der Waals surface area contributed by atoms with E-state index in [1.165, 1.54) is 6.07 Å². The molecule has 1 aliphatic heterocycles. The zero-order chi connectivity index (χ0) is 13.4. The van der Waals surface area contributed by atoms with Gasteiger partial charge in [0.15, 0.2) is 6.10 Å². The number of ether oxygens (including phenoxy) is 1. The zero-order valence-electron chi connectivity index (χ0n) is 9.90. The van der Waals surface area contributed by atoms with Crippen LogP contribution in [-0.4, -0.2) is 11.9 Å². The van der Waals surface area contributed by atoms with Crippen LogP contribution >= 0.6 is 0 Å². The SMILES string of the molecule is O=C(c1c(F)cccc1F)C1Cc2ccccc2O1. The third-order valence-corrected chi connectivity index (χ3v) is 3.15. The van der Waals surface area contributed by atoms with Crippen LogP contribution in [0, 0.1) is 11.6 Å². The van der Waals surface area contributed by atoms with Gasteiger partial charge in [-0.1, -0.05) is 24.3 Å². The van der Waals surface area contributed by atoms with Crippen LogP contribution in [0.2, 0.25) is 0 Å². The van der Waals surface area contributed by atoms with Gasteiger partial charge in [0.25, 0.3) is 0 Å². The van der Waals surface area contributed by atoms with Crippen LogP contribution in [0.5, 0.6) is 5.75 Å². The molecule has 1 unspecified atom stereocenters. The van der Waals surface area contributed by atoms with Crippen molar-refractivity contribution in [3.05, 3.63) is 65.2 Å². The minimum atomic E-state index is -0.858. The summed E-state index contributed by atoms with van der Waals surface area (Å²) in [7, 11) is 0. The summed E-state index contributed by atoms with van der Waals surface area (Å²) < 4.78 is 32.6. The van der Waals surface area contributed by atoms with E-state index in [0.717, 1.165) is 17.7 Å². The van der Waals surface area contributed by atoms with E-state index in [1.807, 2.05) is 12.1 Å². The molecule has 1 heterocycles. The van der Waals surface area contributed by atoms with Gasteiger partial charge in [-0.2, -0.15) is 0 Å². The fraction of sp³-hybridized carbons (Fsp3) is 0.133. The summed E-state index contributed by atoms with van der Waals surface area (Å²) in [4.78, 5) is 12.2. The Balaban J connectivity index is 1.92. The summed E-state index contributed by atoms with van der Waals surface area (Å²) in [6, 6.07) is 10.6. The standard InChI is InChI=1S/C15H10F2O2/c16-10-5-3-6-11(17)14(10)15(18)13-8-9-4-1-2-7-12(9)19-13/h1-7,13H,8H2. The Hall–Kier alpha value is -2.23. The van der Waals surface area contributed by atoms with Crippen molar-refractivity contribution in [1.29, 1.82) is 0 Å². The van der Waals surface area contributed by atoms with Crippen molar-refractivity contribution in [1.82, 2.24) is 0 Å². The lowest BCUT2D eigenvalue weighted by Gasteiger charge is -2.10. The van der Waals surface area contributed by atoms with Gasteiger partial charge < -0.3 is 4.74 Å². The van der Waals surface area contributed by atoms with Crippen molar-refractivity contribution < 1.29 is 18.3 Å². The predicted octanol–water partition coefficient (Wildman–Crippen LogP) is 3.15. The first-order chi connectivity index (χ1) is 9.16. The van der Waals surface area contributed by atoms with Gasteiger partial charge in [0.1, 0.15) is 17.4 Å². The van der Waals surface area contributed by atoms with Crippen molar-refractivity contribution in [2.75, 3.05) is 0 Å². The molecule has 3 rings (SSSR count). The Morgan fingerprint density at radius 3 is 2.42 bits per heavy atom. The van der Waals surface area contributed by atoms with E-state index in [9.17, 15) is 13.6 Å². The third-order valence-electron chi connectivity index (χ3n) is 3.15. The van der Waals surface area contributed by atoms with Crippen molar-refractivity contribution in [3.8, 4) is 5.75 Å². The van der Waals surface area contributed by atoms with E-state index in [1.54, 1.807) is 12.1 Å². The average Bonchev–Trinajstić information content (AvgIpc) is 2.82. The van der Waals surface area contributed by atoms with Crippen LogP contribution in [0.25, 0.3) is 0 Å².